The zero-order valence-corrected chi connectivity index (χ0v) is 10.1. The van der Waals surface area contributed by atoms with Gasteiger partial charge < -0.3 is 10.7 Å². The second-order valence-electron chi connectivity index (χ2n) is 3.67. The standard InChI is InChI=1S/C11H10N6O3/c12-15-8-4-1-3-7(10(8)17(19)20)11(18)14-9-5-2-6-13-16-9/h1-6,15H,12H2,(H,14,16,18). The normalized spacial score (nSPS) is 9.85. The predicted octanol–water partition coefficient (Wildman–Crippen LogP) is 0.923. The van der Waals surface area contributed by atoms with Gasteiger partial charge in [0, 0.05) is 6.20 Å². The van der Waals surface area contributed by atoms with Crippen LogP contribution >= 0.6 is 0 Å². The van der Waals surface area contributed by atoms with Crippen LogP contribution in [-0.2, 0) is 0 Å². The fourth-order valence-corrected chi connectivity index (χ4v) is 1.59. The van der Waals surface area contributed by atoms with Gasteiger partial charge in [-0.15, -0.1) is 5.10 Å². The molecule has 9 nitrogen and oxygen atoms in total. The average Bonchev–Trinajstić information content (AvgIpc) is 2.47. The van der Waals surface area contributed by atoms with Crippen molar-refractivity contribution >= 4 is 23.1 Å². The quantitative estimate of drug-likeness (QED) is 0.428. The number of carbonyl (C=O) groups is 1. The second kappa shape index (κ2) is 5.71. The smallest absolute Gasteiger partial charge is 0.306 e. The first-order valence-electron chi connectivity index (χ1n) is 5.46. The molecule has 20 heavy (non-hydrogen) atoms. The molecule has 0 atom stereocenters. The third-order valence-corrected chi connectivity index (χ3v) is 2.43. The van der Waals surface area contributed by atoms with Gasteiger partial charge in [-0.1, -0.05) is 6.07 Å². The van der Waals surface area contributed by atoms with Crippen LogP contribution in [-0.4, -0.2) is 21.0 Å². The number of carbonyl (C=O) groups excluding carboxylic acids is 1. The van der Waals surface area contributed by atoms with E-state index in [1.807, 2.05) is 0 Å². The fraction of sp³-hybridized carbons (Fsp3) is 0. The van der Waals surface area contributed by atoms with E-state index in [0.29, 0.717) is 0 Å². The molecule has 0 bridgehead atoms. The van der Waals surface area contributed by atoms with Crippen molar-refractivity contribution < 1.29 is 9.72 Å². The van der Waals surface area contributed by atoms with E-state index in [1.54, 1.807) is 6.07 Å². The van der Waals surface area contributed by atoms with Gasteiger partial charge in [-0.3, -0.25) is 20.8 Å². The minimum atomic E-state index is -0.680. The van der Waals surface area contributed by atoms with Gasteiger partial charge in [-0.25, -0.2) is 0 Å². The summed E-state index contributed by atoms with van der Waals surface area (Å²) in [6.07, 6.45) is 1.44. The van der Waals surface area contributed by atoms with Crippen molar-refractivity contribution in [3.05, 3.63) is 52.2 Å². The average molecular weight is 274 g/mol. The number of nitrogens with two attached hydrogens (primary N) is 1. The van der Waals surface area contributed by atoms with Crippen molar-refractivity contribution in [2.75, 3.05) is 10.7 Å². The molecule has 0 aliphatic heterocycles. The third kappa shape index (κ3) is 2.67. The van der Waals surface area contributed by atoms with Gasteiger partial charge >= 0.3 is 5.69 Å². The molecule has 0 saturated carbocycles. The summed E-state index contributed by atoms with van der Waals surface area (Å²) in [6.45, 7) is 0. The summed E-state index contributed by atoms with van der Waals surface area (Å²) in [5.41, 5.74) is 1.70. The Morgan fingerprint density at radius 1 is 1.30 bits per heavy atom. The van der Waals surface area contributed by atoms with Crippen LogP contribution in [0.15, 0.2) is 36.5 Å². The molecule has 102 valence electrons. The number of nitro groups is 1. The number of nitrogens with one attached hydrogen (secondary N) is 2. The summed E-state index contributed by atoms with van der Waals surface area (Å²) in [5, 5.41) is 20.7. The minimum absolute atomic E-state index is 0.0433. The Bertz CT molecular complexity index is 646. The Morgan fingerprint density at radius 2 is 2.10 bits per heavy atom. The minimum Gasteiger partial charge on any atom is -0.318 e. The van der Waals surface area contributed by atoms with Gasteiger partial charge in [0.1, 0.15) is 11.3 Å². The lowest BCUT2D eigenvalue weighted by molar-refractivity contribution is -0.384. The molecule has 9 heteroatoms. The van der Waals surface area contributed by atoms with E-state index in [1.165, 1.54) is 30.5 Å². The largest absolute Gasteiger partial charge is 0.318 e. The van der Waals surface area contributed by atoms with Crippen molar-refractivity contribution in [3.63, 3.8) is 0 Å². The predicted molar refractivity (Wildman–Crippen MR) is 70.9 cm³/mol. The maximum Gasteiger partial charge on any atom is 0.306 e. The zero-order valence-electron chi connectivity index (χ0n) is 10.1. The molecule has 0 saturated heterocycles. The van der Waals surface area contributed by atoms with Crippen molar-refractivity contribution in [1.29, 1.82) is 0 Å². The van der Waals surface area contributed by atoms with E-state index in [9.17, 15) is 14.9 Å². The van der Waals surface area contributed by atoms with E-state index in [-0.39, 0.29) is 17.1 Å². The SMILES string of the molecule is NNc1cccc(C(=O)Nc2cccnn2)c1[N+](=O)[O-]. The molecule has 2 aromatic rings. The van der Waals surface area contributed by atoms with Crippen LogP contribution < -0.4 is 16.6 Å². The van der Waals surface area contributed by atoms with Gasteiger partial charge in [-0.05, 0) is 24.3 Å². The van der Waals surface area contributed by atoms with Crippen molar-refractivity contribution in [1.82, 2.24) is 10.2 Å². The Morgan fingerprint density at radius 3 is 2.70 bits per heavy atom. The van der Waals surface area contributed by atoms with Crippen molar-refractivity contribution in [3.8, 4) is 0 Å². The molecule has 1 aromatic heterocycles. The molecule has 4 N–H and O–H groups in total. The van der Waals surface area contributed by atoms with Gasteiger partial charge in [0.2, 0.25) is 0 Å². The fourth-order valence-electron chi connectivity index (χ4n) is 1.59. The summed E-state index contributed by atoms with van der Waals surface area (Å²) < 4.78 is 0. The zero-order chi connectivity index (χ0) is 14.5. The van der Waals surface area contributed by atoms with Crippen molar-refractivity contribution in [2.45, 2.75) is 0 Å². The number of hydrazine groups is 1. The number of anilines is 2. The number of nitrogen functional groups attached to an aromatic ring is 1. The monoisotopic (exact) mass is 274 g/mol. The Hall–Kier alpha value is -3.07. The topological polar surface area (TPSA) is 136 Å². The highest BCUT2D eigenvalue weighted by Gasteiger charge is 2.24. The maximum atomic E-state index is 12.1. The molecule has 0 fully saturated rings. The van der Waals surface area contributed by atoms with Crippen LogP contribution in [0.3, 0.4) is 0 Å². The number of rotatable bonds is 4. The molecule has 0 radical (unpaired) electrons. The van der Waals surface area contributed by atoms with E-state index in [2.05, 4.69) is 20.9 Å². The molecule has 2 rings (SSSR count). The maximum absolute atomic E-state index is 12.1. The van der Waals surface area contributed by atoms with Gasteiger partial charge in [0.05, 0.1) is 4.92 Å². The second-order valence-corrected chi connectivity index (χ2v) is 3.67. The first-order chi connectivity index (χ1) is 9.63. The third-order valence-electron chi connectivity index (χ3n) is 2.43. The Kier molecular flexibility index (Phi) is 3.82. The highest BCUT2D eigenvalue weighted by molar-refractivity contribution is 6.08. The Labute approximate surface area is 112 Å². The van der Waals surface area contributed by atoms with Gasteiger partial charge in [-0.2, -0.15) is 5.10 Å². The number of nitro benzene ring substituents is 1. The summed E-state index contributed by atoms with van der Waals surface area (Å²) in [4.78, 5) is 22.4. The number of nitrogens with zero attached hydrogens (tertiary/aromatic N) is 3. The van der Waals surface area contributed by atoms with Gasteiger partial charge in [0.15, 0.2) is 5.82 Å². The van der Waals surface area contributed by atoms with Crippen LogP contribution in [0.1, 0.15) is 10.4 Å². The first kappa shape index (κ1) is 13.4. The number of hydrogen-bond donors (Lipinski definition) is 3. The molecule has 0 aliphatic carbocycles. The molecular formula is C11H10N6O3. The van der Waals surface area contributed by atoms with E-state index >= 15 is 0 Å². The molecule has 1 amide bonds. The lowest BCUT2D eigenvalue weighted by Gasteiger charge is -2.07. The number of amides is 1. The highest BCUT2D eigenvalue weighted by Crippen LogP contribution is 2.28. The lowest BCUT2D eigenvalue weighted by Crippen LogP contribution is -2.17. The van der Waals surface area contributed by atoms with E-state index in [0.717, 1.165) is 0 Å². The van der Waals surface area contributed by atoms with E-state index in [4.69, 9.17) is 5.84 Å². The van der Waals surface area contributed by atoms with E-state index < -0.39 is 16.5 Å². The van der Waals surface area contributed by atoms with Crippen LogP contribution in [0.25, 0.3) is 0 Å². The number of para-hydroxylation sites is 1. The summed E-state index contributed by atoms with van der Waals surface area (Å²) in [5.74, 6) is 4.72. The highest BCUT2D eigenvalue weighted by atomic mass is 16.6. The summed E-state index contributed by atoms with van der Waals surface area (Å²) in [7, 11) is 0. The van der Waals surface area contributed by atoms with Gasteiger partial charge in [0.25, 0.3) is 5.91 Å². The number of benzene rings is 1. The van der Waals surface area contributed by atoms with Crippen LogP contribution in [0.5, 0.6) is 0 Å². The summed E-state index contributed by atoms with van der Waals surface area (Å²) in [6, 6.07) is 7.30. The first-order valence-corrected chi connectivity index (χ1v) is 5.46. The van der Waals surface area contributed by atoms with Crippen LogP contribution in [0, 0.1) is 10.1 Å². The Balaban J connectivity index is 2.37. The molecule has 1 heterocycles. The summed E-state index contributed by atoms with van der Waals surface area (Å²) >= 11 is 0. The van der Waals surface area contributed by atoms with Crippen molar-refractivity contribution in [2.24, 2.45) is 5.84 Å². The molecule has 0 spiro atoms. The van der Waals surface area contributed by atoms with Crippen LogP contribution in [0.2, 0.25) is 0 Å². The van der Waals surface area contributed by atoms with Crippen LogP contribution in [0.4, 0.5) is 17.2 Å². The number of aromatic nitrogens is 2. The lowest BCUT2D eigenvalue weighted by atomic mass is 10.1. The molecule has 1 aromatic carbocycles. The molecular weight excluding hydrogens is 264 g/mol. The molecule has 0 aliphatic rings. The molecule has 0 unspecified atom stereocenters. The number of hydrogen-bond acceptors (Lipinski definition) is 7.